The second kappa shape index (κ2) is 11.2. The highest BCUT2D eigenvalue weighted by atomic mass is 16.4. The van der Waals surface area contributed by atoms with Crippen molar-refractivity contribution in [2.75, 3.05) is 0 Å². The Hall–Kier alpha value is -2.90. The number of hydrogen-bond donors (Lipinski definition) is 4. The Bertz CT molecular complexity index is 770. The fourth-order valence-corrected chi connectivity index (χ4v) is 3.57. The van der Waals surface area contributed by atoms with Crippen molar-refractivity contribution in [3.05, 3.63) is 33.9 Å². The number of carboxylic acid groups (broad SMARTS) is 4. The number of carboxylic acids is 4. The molecule has 1 aliphatic carbocycles. The van der Waals surface area contributed by atoms with E-state index in [1.807, 2.05) is 13.8 Å². The predicted octanol–water partition coefficient (Wildman–Crippen LogP) is 3.63. The van der Waals surface area contributed by atoms with Crippen molar-refractivity contribution in [1.29, 1.82) is 0 Å². The molecule has 4 N–H and O–H groups in total. The van der Waals surface area contributed by atoms with Crippen LogP contribution < -0.4 is 0 Å². The molecule has 1 rings (SSSR count). The van der Waals surface area contributed by atoms with Crippen LogP contribution in [0.2, 0.25) is 0 Å². The Labute approximate surface area is 169 Å². The van der Waals surface area contributed by atoms with Crippen LogP contribution in [0.15, 0.2) is 33.9 Å². The minimum absolute atomic E-state index is 0.0356. The lowest BCUT2D eigenvalue weighted by atomic mass is 9.77. The van der Waals surface area contributed by atoms with Gasteiger partial charge in [0.2, 0.25) is 0 Å². The van der Waals surface area contributed by atoms with Crippen molar-refractivity contribution in [2.45, 2.75) is 65.2 Å². The first-order valence-corrected chi connectivity index (χ1v) is 9.74. The van der Waals surface area contributed by atoms with Gasteiger partial charge in [-0.15, -0.1) is 0 Å². The van der Waals surface area contributed by atoms with Crippen molar-refractivity contribution in [2.24, 2.45) is 5.92 Å². The minimum atomic E-state index is -1.46. The maximum atomic E-state index is 11.9. The topological polar surface area (TPSA) is 149 Å². The summed E-state index contributed by atoms with van der Waals surface area (Å²) < 4.78 is 0. The summed E-state index contributed by atoms with van der Waals surface area (Å²) in [6.07, 6.45) is 4.19. The lowest BCUT2D eigenvalue weighted by Gasteiger charge is -2.25. The van der Waals surface area contributed by atoms with E-state index in [9.17, 15) is 39.6 Å². The molecule has 0 radical (unpaired) electrons. The van der Waals surface area contributed by atoms with Gasteiger partial charge in [0.05, 0.1) is 22.3 Å². The summed E-state index contributed by atoms with van der Waals surface area (Å²) in [5, 5.41) is 38.8. The monoisotopic (exact) mass is 408 g/mol. The molecule has 0 bridgehead atoms. The summed E-state index contributed by atoms with van der Waals surface area (Å²) >= 11 is 0. The van der Waals surface area contributed by atoms with Crippen LogP contribution in [0, 0.1) is 5.92 Å². The Balaban J connectivity index is 3.78. The van der Waals surface area contributed by atoms with E-state index < -0.39 is 41.8 Å². The average molecular weight is 408 g/mol. The molecule has 160 valence electrons. The lowest BCUT2D eigenvalue weighted by Crippen LogP contribution is -2.26. The van der Waals surface area contributed by atoms with Gasteiger partial charge >= 0.3 is 23.9 Å². The Morgan fingerprint density at radius 2 is 1.45 bits per heavy atom. The molecule has 29 heavy (non-hydrogen) atoms. The molecule has 0 aromatic heterocycles. The molecule has 0 aromatic carbocycles. The molecule has 8 heteroatoms. The molecule has 0 amide bonds. The summed E-state index contributed by atoms with van der Waals surface area (Å²) in [6.45, 7) is 3.80. The Morgan fingerprint density at radius 1 is 0.862 bits per heavy atom. The molecular formula is C21H28O8. The second-order valence-corrected chi connectivity index (χ2v) is 7.06. The normalized spacial score (nSPS) is 19.1. The van der Waals surface area contributed by atoms with Gasteiger partial charge in [0, 0.05) is 6.42 Å². The zero-order valence-corrected chi connectivity index (χ0v) is 16.7. The van der Waals surface area contributed by atoms with Crippen molar-refractivity contribution in [3.8, 4) is 0 Å². The van der Waals surface area contributed by atoms with Crippen LogP contribution in [0.3, 0.4) is 0 Å². The minimum Gasteiger partial charge on any atom is -0.478 e. The molecular weight excluding hydrogens is 380 g/mol. The van der Waals surface area contributed by atoms with Gasteiger partial charge in [0.1, 0.15) is 0 Å². The van der Waals surface area contributed by atoms with Gasteiger partial charge in [0.15, 0.2) is 0 Å². The van der Waals surface area contributed by atoms with E-state index in [1.165, 1.54) is 6.08 Å². The highest BCUT2D eigenvalue weighted by molar-refractivity contribution is 6.05. The quantitative estimate of drug-likeness (QED) is 0.400. The first kappa shape index (κ1) is 24.1. The van der Waals surface area contributed by atoms with Crippen LogP contribution in [0.25, 0.3) is 0 Å². The molecule has 0 heterocycles. The summed E-state index contributed by atoms with van der Waals surface area (Å²) in [5.74, 6) is -6.64. The van der Waals surface area contributed by atoms with Gasteiger partial charge in [-0.3, -0.25) is 0 Å². The smallest absolute Gasteiger partial charge is 0.336 e. The van der Waals surface area contributed by atoms with Gasteiger partial charge in [-0.05, 0) is 30.8 Å². The van der Waals surface area contributed by atoms with E-state index in [0.717, 1.165) is 6.42 Å². The number of aliphatic carboxylic acids is 4. The molecule has 0 aromatic rings. The fraction of sp³-hybridized carbons (Fsp3) is 0.524. The van der Waals surface area contributed by atoms with Crippen LogP contribution in [0.1, 0.15) is 65.2 Å². The molecule has 0 saturated heterocycles. The van der Waals surface area contributed by atoms with Crippen LogP contribution in [-0.2, 0) is 19.2 Å². The standard InChI is InChI=1S/C21H28O8/c1-3-5-7-9-13-11-15(19(24)25)16(20(26)27)12(8-6-4-2)10-14(18(22)23)17(13)21(28)29/h9,12H,3-8,10-11H2,1-2H3,(H,22,23)(H,24,25)(H,26,27)(H,28,29). The molecule has 0 aliphatic heterocycles. The first-order valence-electron chi connectivity index (χ1n) is 9.74. The second-order valence-electron chi connectivity index (χ2n) is 7.06. The number of rotatable bonds is 10. The van der Waals surface area contributed by atoms with Crippen LogP contribution in [0.4, 0.5) is 0 Å². The van der Waals surface area contributed by atoms with Crippen molar-refractivity contribution >= 4 is 23.9 Å². The zero-order chi connectivity index (χ0) is 22.1. The Kier molecular flexibility index (Phi) is 9.31. The van der Waals surface area contributed by atoms with E-state index in [4.69, 9.17) is 0 Å². The van der Waals surface area contributed by atoms with Crippen molar-refractivity contribution < 1.29 is 39.6 Å². The van der Waals surface area contributed by atoms with Gasteiger partial charge in [-0.1, -0.05) is 45.6 Å². The number of allylic oxidation sites excluding steroid dienone is 1. The molecule has 1 unspecified atom stereocenters. The molecule has 0 saturated carbocycles. The third kappa shape index (κ3) is 6.30. The largest absolute Gasteiger partial charge is 0.478 e. The SMILES string of the molecule is CCCCC=C1CC(C(=O)O)=C(C(=O)O)C(CCCC)CC(C(=O)O)=C1C(=O)O. The molecule has 0 spiro atoms. The van der Waals surface area contributed by atoms with Gasteiger partial charge in [-0.2, -0.15) is 0 Å². The molecule has 8 nitrogen and oxygen atoms in total. The number of carbonyl (C=O) groups is 4. The summed E-state index contributed by atoms with van der Waals surface area (Å²) in [5.41, 5.74) is -1.50. The lowest BCUT2D eigenvalue weighted by molar-refractivity contribution is -0.137. The van der Waals surface area contributed by atoms with Crippen molar-refractivity contribution in [1.82, 2.24) is 0 Å². The first-order chi connectivity index (χ1) is 13.6. The molecule has 1 aliphatic rings. The van der Waals surface area contributed by atoms with Crippen LogP contribution in [0.5, 0.6) is 0 Å². The van der Waals surface area contributed by atoms with E-state index >= 15 is 0 Å². The highest BCUT2D eigenvalue weighted by Crippen LogP contribution is 2.37. The summed E-state index contributed by atoms with van der Waals surface area (Å²) in [7, 11) is 0. The third-order valence-electron chi connectivity index (χ3n) is 4.99. The summed E-state index contributed by atoms with van der Waals surface area (Å²) in [4.78, 5) is 47.7. The van der Waals surface area contributed by atoms with E-state index in [0.29, 0.717) is 25.7 Å². The van der Waals surface area contributed by atoms with Gasteiger partial charge in [-0.25, -0.2) is 19.2 Å². The van der Waals surface area contributed by atoms with Crippen LogP contribution in [-0.4, -0.2) is 44.3 Å². The summed E-state index contributed by atoms with van der Waals surface area (Å²) in [6, 6.07) is 0. The van der Waals surface area contributed by atoms with E-state index in [2.05, 4.69) is 0 Å². The number of unbranched alkanes of at least 4 members (excludes halogenated alkanes) is 3. The molecule has 0 fully saturated rings. The highest BCUT2D eigenvalue weighted by Gasteiger charge is 2.36. The maximum Gasteiger partial charge on any atom is 0.336 e. The van der Waals surface area contributed by atoms with E-state index in [-0.39, 0.29) is 35.1 Å². The fourth-order valence-electron chi connectivity index (χ4n) is 3.57. The average Bonchev–Trinajstić information content (AvgIpc) is 2.61. The van der Waals surface area contributed by atoms with Gasteiger partial charge < -0.3 is 20.4 Å². The Morgan fingerprint density at radius 3 is 1.90 bits per heavy atom. The number of hydrogen-bond acceptors (Lipinski definition) is 4. The predicted molar refractivity (Wildman–Crippen MR) is 104 cm³/mol. The van der Waals surface area contributed by atoms with Crippen molar-refractivity contribution in [3.63, 3.8) is 0 Å². The molecule has 1 atom stereocenters. The third-order valence-corrected chi connectivity index (χ3v) is 4.99. The van der Waals surface area contributed by atoms with E-state index in [1.54, 1.807) is 0 Å². The zero-order valence-electron chi connectivity index (χ0n) is 16.7. The maximum absolute atomic E-state index is 11.9. The van der Waals surface area contributed by atoms with Crippen LogP contribution >= 0.6 is 0 Å². The van der Waals surface area contributed by atoms with Gasteiger partial charge in [0.25, 0.3) is 0 Å².